The van der Waals surface area contributed by atoms with Crippen LogP contribution in [0.25, 0.3) is 22.3 Å². The highest BCUT2D eigenvalue weighted by Gasteiger charge is 2.20. The van der Waals surface area contributed by atoms with Crippen LogP contribution in [0.15, 0.2) is 57.7 Å². The number of nitrogens with zero attached hydrogens (tertiary/aromatic N) is 1. The van der Waals surface area contributed by atoms with Crippen LogP contribution in [-0.2, 0) is 4.79 Å². The molecule has 1 amide bonds. The predicted octanol–water partition coefficient (Wildman–Crippen LogP) is 3.33. The first-order valence-electron chi connectivity index (χ1n) is 7.05. The third kappa shape index (κ3) is 2.87. The van der Waals surface area contributed by atoms with E-state index in [1.54, 1.807) is 24.3 Å². The minimum atomic E-state index is -0.647. The number of nitrogens with one attached hydrogen (secondary N) is 1. The predicted molar refractivity (Wildman–Crippen MR) is 88.9 cm³/mol. The van der Waals surface area contributed by atoms with E-state index in [1.165, 1.54) is 25.1 Å². The zero-order valence-corrected chi connectivity index (χ0v) is 12.6. The van der Waals surface area contributed by atoms with Crippen molar-refractivity contribution in [3.63, 3.8) is 0 Å². The fourth-order valence-electron chi connectivity index (χ4n) is 2.40. The van der Waals surface area contributed by atoms with E-state index in [1.807, 2.05) is 6.07 Å². The maximum atomic E-state index is 12.4. The van der Waals surface area contributed by atoms with Gasteiger partial charge < -0.3 is 9.73 Å². The number of benzene rings is 2. The molecule has 0 aliphatic heterocycles. The maximum Gasteiger partial charge on any atom is 0.314 e. The molecule has 0 spiro atoms. The zero-order chi connectivity index (χ0) is 17.3. The fraction of sp³-hybridized carbons (Fsp3) is 0.0588. The van der Waals surface area contributed by atoms with Gasteiger partial charge in [-0.3, -0.25) is 19.7 Å². The van der Waals surface area contributed by atoms with Crippen molar-refractivity contribution in [3.8, 4) is 11.3 Å². The molecule has 0 aliphatic rings. The number of anilines is 1. The highest BCUT2D eigenvalue weighted by molar-refractivity contribution is 5.95. The van der Waals surface area contributed by atoms with Gasteiger partial charge in [0.2, 0.25) is 11.5 Å². The molecule has 24 heavy (non-hydrogen) atoms. The lowest BCUT2D eigenvalue weighted by atomic mass is 10.1. The molecule has 2 aromatic carbocycles. The van der Waals surface area contributed by atoms with E-state index in [9.17, 15) is 19.7 Å². The molecule has 1 heterocycles. The minimum Gasteiger partial charge on any atom is -0.449 e. The van der Waals surface area contributed by atoms with E-state index < -0.39 is 16.3 Å². The lowest BCUT2D eigenvalue weighted by Crippen LogP contribution is -2.08. The van der Waals surface area contributed by atoms with Gasteiger partial charge in [-0.25, -0.2) is 0 Å². The van der Waals surface area contributed by atoms with Crippen molar-refractivity contribution in [3.05, 3.63) is 68.9 Å². The topological polar surface area (TPSA) is 102 Å². The summed E-state index contributed by atoms with van der Waals surface area (Å²) < 4.78 is 5.63. The summed E-state index contributed by atoms with van der Waals surface area (Å²) in [4.78, 5) is 34.3. The SMILES string of the molecule is CC(=O)Nc1cc([N+](=O)[O-])c2oc(-c3ccccc3)cc(=O)c2c1. The number of amides is 1. The average molecular weight is 324 g/mol. The summed E-state index contributed by atoms with van der Waals surface area (Å²) in [5.74, 6) is -0.155. The Morgan fingerprint density at radius 2 is 1.88 bits per heavy atom. The summed E-state index contributed by atoms with van der Waals surface area (Å²) in [6.45, 7) is 1.27. The number of nitro groups is 1. The molecule has 0 saturated heterocycles. The van der Waals surface area contributed by atoms with Crippen molar-refractivity contribution < 1.29 is 14.1 Å². The van der Waals surface area contributed by atoms with Gasteiger partial charge in [-0.05, 0) is 6.07 Å². The van der Waals surface area contributed by atoms with E-state index in [-0.39, 0.29) is 28.1 Å². The van der Waals surface area contributed by atoms with E-state index >= 15 is 0 Å². The summed E-state index contributed by atoms with van der Waals surface area (Å²) in [5.41, 5.74) is -0.129. The van der Waals surface area contributed by atoms with Crippen LogP contribution < -0.4 is 10.7 Å². The minimum absolute atomic E-state index is 0.0348. The van der Waals surface area contributed by atoms with Gasteiger partial charge in [0.15, 0.2) is 5.43 Å². The van der Waals surface area contributed by atoms with Gasteiger partial charge >= 0.3 is 5.69 Å². The molecule has 1 aromatic heterocycles. The molecule has 7 nitrogen and oxygen atoms in total. The number of hydrogen-bond donors (Lipinski definition) is 1. The Morgan fingerprint density at radius 3 is 2.50 bits per heavy atom. The molecule has 0 aliphatic carbocycles. The zero-order valence-electron chi connectivity index (χ0n) is 12.6. The monoisotopic (exact) mass is 324 g/mol. The highest BCUT2D eigenvalue weighted by Crippen LogP contribution is 2.31. The van der Waals surface area contributed by atoms with E-state index in [0.29, 0.717) is 5.56 Å². The molecular formula is C17H12N2O5. The Bertz CT molecular complexity index is 1010. The van der Waals surface area contributed by atoms with Gasteiger partial charge in [-0.2, -0.15) is 0 Å². The second kappa shape index (κ2) is 5.96. The normalized spacial score (nSPS) is 10.5. The Balaban J connectivity index is 2.30. The number of non-ortho nitro benzene ring substituents is 1. The van der Waals surface area contributed by atoms with Gasteiger partial charge in [0.25, 0.3) is 0 Å². The summed E-state index contributed by atoms with van der Waals surface area (Å²) in [6.07, 6.45) is 0. The Labute approximate surface area is 135 Å². The number of nitro benzene ring substituents is 1. The van der Waals surface area contributed by atoms with Crippen LogP contribution in [0.5, 0.6) is 0 Å². The summed E-state index contributed by atoms with van der Waals surface area (Å²) >= 11 is 0. The molecule has 0 radical (unpaired) electrons. The molecule has 0 saturated carbocycles. The van der Waals surface area contributed by atoms with Crippen molar-refractivity contribution in [2.75, 3.05) is 5.32 Å². The molecule has 3 aromatic rings. The van der Waals surface area contributed by atoms with Crippen molar-refractivity contribution >= 4 is 28.3 Å². The average Bonchev–Trinajstić information content (AvgIpc) is 2.54. The molecule has 7 heteroatoms. The number of rotatable bonds is 3. The van der Waals surface area contributed by atoms with Crippen LogP contribution in [0.2, 0.25) is 0 Å². The summed E-state index contributed by atoms with van der Waals surface area (Å²) in [7, 11) is 0. The molecule has 0 unspecified atom stereocenters. The number of carbonyl (C=O) groups is 1. The highest BCUT2D eigenvalue weighted by atomic mass is 16.6. The number of hydrogen-bond acceptors (Lipinski definition) is 5. The molecule has 1 N–H and O–H groups in total. The van der Waals surface area contributed by atoms with Crippen molar-refractivity contribution in [1.29, 1.82) is 0 Å². The van der Waals surface area contributed by atoms with Crippen LogP contribution in [0.4, 0.5) is 11.4 Å². The van der Waals surface area contributed by atoms with Gasteiger partial charge in [0, 0.05) is 30.3 Å². The molecule has 3 rings (SSSR count). The van der Waals surface area contributed by atoms with Crippen molar-refractivity contribution in [1.82, 2.24) is 0 Å². The van der Waals surface area contributed by atoms with E-state index in [2.05, 4.69) is 5.32 Å². The van der Waals surface area contributed by atoms with Crippen molar-refractivity contribution in [2.45, 2.75) is 6.92 Å². The smallest absolute Gasteiger partial charge is 0.314 e. The van der Waals surface area contributed by atoms with E-state index in [0.717, 1.165) is 0 Å². The lowest BCUT2D eigenvalue weighted by molar-refractivity contribution is -0.383. The Hall–Kier alpha value is -3.48. The third-order valence-electron chi connectivity index (χ3n) is 3.38. The van der Waals surface area contributed by atoms with Crippen LogP contribution >= 0.6 is 0 Å². The Kier molecular flexibility index (Phi) is 3.83. The fourth-order valence-corrected chi connectivity index (χ4v) is 2.40. The summed E-state index contributed by atoms with van der Waals surface area (Å²) in [6, 6.07) is 12.6. The first-order chi connectivity index (χ1) is 11.5. The standard InChI is InChI=1S/C17H12N2O5/c1-10(20)18-12-7-13-15(21)9-16(11-5-3-2-4-6-11)24-17(13)14(8-12)19(22)23/h2-9H,1H3,(H,18,20). The van der Waals surface area contributed by atoms with Crippen LogP contribution in [0.3, 0.4) is 0 Å². The molecule has 0 fully saturated rings. The number of carbonyl (C=O) groups excluding carboxylic acids is 1. The largest absolute Gasteiger partial charge is 0.449 e. The third-order valence-corrected chi connectivity index (χ3v) is 3.38. The second-order valence-corrected chi connectivity index (χ2v) is 5.15. The van der Waals surface area contributed by atoms with Gasteiger partial charge in [-0.15, -0.1) is 0 Å². The quantitative estimate of drug-likeness (QED) is 0.588. The first kappa shape index (κ1) is 15.4. The second-order valence-electron chi connectivity index (χ2n) is 5.15. The lowest BCUT2D eigenvalue weighted by Gasteiger charge is -2.07. The van der Waals surface area contributed by atoms with Gasteiger partial charge in [-0.1, -0.05) is 30.3 Å². The van der Waals surface area contributed by atoms with Crippen molar-refractivity contribution in [2.24, 2.45) is 0 Å². The molecule has 120 valence electrons. The maximum absolute atomic E-state index is 12.4. The molecule has 0 atom stereocenters. The van der Waals surface area contributed by atoms with Gasteiger partial charge in [0.1, 0.15) is 5.76 Å². The van der Waals surface area contributed by atoms with Crippen LogP contribution in [0.1, 0.15) is 6.92 Å². The molecule has 0 bridgehead atoms. The Morgan fingerprint density at radius 1 is 1.17 bits per heavy atom. The van der Waals surface area contributed by atoms with Crippen LogP contribution in [-0.4, -0.2) is 10.8 Å². The molecular weight excluding hydrogens is 312 g/mol. The number of fused-ring (bicyclic) bond motifs is 1. The van der Waals surface area contributed by atoms with Crippen LogP contribution in [0, 0.1) is 10.1 Å². The summed E-state index contributed by atoms with van der Waals surface area (Å²) in [5, 5.41) is 13.8. The first-order valence-corrected chi connectivity index (χ1v) is 7.05. The van der Waals surface area contributed by atoms with Gasteiger partial charge in [0.05, 0.1) is 10.3 Å². The van der Waals surface area contributed by atoms with E-state index in [4.69, 9.17) is 4.42 Å².